The summed E-state index contributed by atoms with van der Waals surface area (Å²) in [5, 5.41) is 10.2. The molecule has 0 unspecified atom stereocenters. The van der Waals surface area contributed by atoms with Crippen LogP contribution in [0, 0.1) is 0 Å². The number of aromatic hydroxyl groups is 1. The molecule has 0 aromatic heterocycles. The van der Waals surface area contributed by atoms with E-state index in [2.05, 4.69) is 0 Å². The van der Waals surface area contributed by atoms with Crippen LogP contribution in [0.25, 0.3) is 0 Å². The highest BCUT2D eigenvalue weighted by Gasteiger charge is 2.13. The van der Waals surface area contributed by atoms with Gasteiger partial charge in [-0.05, 0) is 24.3 Å². The number of phenols is 1. The molecular weight excluding hydrogens is 308 g/mol. The monoisotopic (exact) mass is 322 g/mol. The number of esters is 1. The second kappa shape index (κ2) is 7.56. The Kier molecular flexibility index (Phi) is 5.49. The first-order valence-electron chi connectivity index (χ1n) is 6.53. The van der Waals surface area contributed by atoms with Gasteiger partial charge in [0.05, 0.1) is 12.1 Å². The first-order chi connectivity index (χ1) is 10.6. The summed E-state index contributed by atoms with van der Waals surface area (Å²) in [6.07, 6.45) is 0. The number of phenolic OH excluding ortho intramolecular Hbond substituents is 1. The van der Waals surface area contributed by atoms with Crippen LogP contribution in [0.2, 0.25) is 5.02 Å². The molecule has 22 heavy (non-hydrogen) atoms. The van der Waals surface area contributed by atoms with E-state index >= 15 is 0 Å². The van der Waals surface area contributed by atoms with Crippen LogP contribution in [0.4, 0.5) is 0 Å². The SMILES string of the molecule is COc1ccc(C(=O)OCCOc2ccccc2Cl)c(O)c1. The first kappa shape index (κ1) is 16.0. The third-order valence-electron chi connectivity index (χ3n) is 2.84. The van der Waals surface area contributed by atoms with Crippen LogP contribution in [-0.2, 0) is 4.74 Å². The van der Waals surface area contributed by atoms with Crippen molar-refractivity contribution in [2.75, 3.05) is 20.3 Å². The lowest BCUT2D eigenvalue weighted by Gasteiger charge is -2.09. The van der Waals surface area contributed by atoms with Crippen LogP contribution in [0.1, 0.15) is 10.4 Å². The molecule has 1 N–H and O–H groups in total. The quantitative estimate of drug-likeness (QED) is 0.653. The number of hydrogen-bond acceptors (Lipinski definition) is 5. The molecule has 5 nitrogen and oxygen atoms in total. The second-order valence-electron chi connectivity index (χ2n) is 4.30. The molecular formula is C16H15ClO5. The van der Waals surface area contributed by atoms with Crippen molar-refractivity contribution < 1.29 is 24.1 Å². The Morgan fingerprint density at radius 3 is 2.64 bits per heavy atom. The molecule has 116 valence electrons. The highest BCUT2D eigenvalue weighted by Crippen LogP contribution is 2.24. The topological polar surface area (TPSA) is 65.0 Å². The lowest BCUT2D eigenvalue weighted by Crippen LogP contribution is -2.12. The lowest BCUT2D eigenvalue weighted by atomic mass is 10.2. The van der Waals surface area contributed by atoms with Gasteiger partial charge in [-0.25, -0.2) is 4.79 Å². The van der Waals surface area contributed by atoms with Gasteiger partial charge in [-0.1, -0.05) is 23.7 Å². The normalized spacial score (nSPS) is 10.1. The Balaban J connectivity index is 1.84. The van der Waals surface area contributed by atoms with Gasteiger partial charge >= 0.3 is 5.97 Å². The molecule has 0 radical (unpaired) electrons. The van der Waals surface area contributed by atoms with E-state index in [4.69, 9.17) is 25.8 Å². The summed E-state index contributed by atoms with van der Waals surface area (Å²) in [5.74, 6) is 0.142. The van der Waals surface area contributed by atoms with E-state index in [0.29, 0.717) is 16.5 Å². The third kappa shape index (κ3) is 4.05. The highest BCUT2D eigenvalue weighted by molar-refractivity contribution is 6.32. The Labute approximate surface area is 133 Å². The molecule has 0 fully saturated rings. The molecule has 0 spiro atoms. The number of halogens is 1. The minimum absolute atomic E-state index is 0.0372. The van der Waals surface area contributed by atoms with E-state index in [0.717, 1.165) is 0 Å². The highest BCUT2D eigenvalue weighted by atomic mass is 35.5. The van der Waals surface area contributed by atoms with E-state index in [1.54, 1.807) is 30.3 Å². The molecule has 2 aromatic carbocycles. The van der Waals surface area contributed by atoms with Crippen molar-refractivity contribution in [2.24, 2.45) is 0 Å². The summed E-state index contributed by atoms with van der Waals surface area (Å²) >= 11 is 5.93. The van der Waals surface area contributed by atoms with Crippen molar-refractivity contribution >= 4 is 17.6 Å². The van der Waals surface area contributed by atoms with E-state index in [1.807, 2.05) is 0 Å². The van der Waals surface area contributed by atoms with Gasteiger partial charge in [0.2, 0.25) is 0 Å². The number of carbonyl (C=O) groups is 1. The fourth-order valence-corrected chi connectivity index (χ4v) is 1.93. The Bertz CT molecular complexity index is 657. The molecule has 0 aliphatic heterocycles. The first-order valence-corrected chi connectivity index (χ1v) is 6.91. The third-order valence-corrected chi connectivity index (χ3v) is 3.15. The van der Waals surface area contributed by atoms with Gasteiger partial charge in [-0.2, -0.15) is 0 Å². The Morgan fingerprint density at radius 1 is 1.18 bits per heavy atom. The summed E-state index contributed by atoms with van der Waals surface area (Å²) in [5.41, 5.74) is 0.0681. The van der Waals surface area contributed by atoms with Crippen LogP contribution in [0.3, 0.4) is 0 Å². The standard InChI is InChI=1S/C16H15ClO5/c1-20-11-6-7-12(14(18)10-11)16(19)22-9-8-21-15-5-3-2-4-13(15)17/h2-7,10,18H,8-9H2,1H3. The van der Waals surface area contributed by atoms with E-state index in [9.17, 15) is 9.90 Å². The molecule has 2 rings (SSSR count). The molecule has 0 amide bonds. The fraction of sp³-hybridized carbons (Fsp3) is 0.188. The maximum atomic E-state index is 11.8. The van der Waals surface area contributed by atoms with Crippen LogP contribution >= 0.6 is 11.6 Å². The number of methoxy groups -OCH3 is 1. The van der Waals surface area contributed by atoms with Crippen molar-refractivity contribution in [1.29, 1.82) is 0 Å². The summed E-state index contributed by atoms with van der Waals surface area (Å²) in [7, 11) is 1.47. The zero-order valence-electron chi connectivity index (χ0n) is 11.9. The second-order valence-corrected chi connectivity index (χ2v) is 4.71. The van der Waals surface area contributed by atoms with Gasteiger partial charge in [0.15, 0.2) is 0 Å². The van der Waals surface area contributed by atoms with Crippen LogP contribution < -0.4 is 9.47 Å². The van der Waals surface area contributed by atoms with Crippen molar-refractivity contribution in [3.05, 3.63) is 53.1 Å². The minimum atomic E-state index is -0.636. The fourth-order valence-electron chi connectivity index (χ4n) is 1.74. The molecule has 0 aliphatic carbocycles. The lowest BCUT2D eigenvalue weighted by molar-refractivity contribution is 0.0447. The molecule has 6 heteroatoms. The molecule has 0 saturated carbocycles. The van der Waals surface area contributed by atoms with Crippen molar-refractivity contribution in [1.82, 2.24) is 0 Å². The van der Waals surface area contributed by atoms with Gasteiger partial charge in [0.25, 0.3) is 0 Å². The molecule has 0 aliphatic rings. The average molecular weight is 323 g/mol. The largest absolute Gasteiger partial charge is 0.507 e. The van der Waals surface area contributed by atoms with Crippen LogP contribution in [0.5, 0.6) is 17.2 Å². The molecule has 0 heterocycles. The van der Waals surface area contributed by atoms with E-state index in [1.165, 1.54) is 19.2 Å². The maximum absolute atomic E-state index is 11.8. The predicted octanol–water partition coefficient (Wildman–Crippen LogP) is 3.29. The number of rotatable bonds is 6. The molecule has 0 saturated heterocycles. The number of ether oxygens (including phenoxy) is 3. The van der Waals surface area contributed by atoms with Crippen LogP contribution in [-0.4, -0.2) is 31.4 Å². The average Bonchev–Trinajstić information content (AvgIpc) is 2.52. The summed E-state index contributed by atoms with van der Waals surface area (Å²) in [6, 6.07) is 11.4. The summed E-state index contributed by atoms with van der Waals surface area (Å²) < 4.78 is 15.4. The number of para-hydroxylation sites is 1. The smallest absolute Gasteiger partial charge is 0.342 e. The predicted molar refractivity (Wildman–Crippen MR) is 81.9 cm³/mol. The van der Waals surface area contributed by atoms with Gasteiger partial charge in [-0.3, -0.25) is 0 Å². The summed E-state index contributed by atoms with van der Waals surface area (Å²) in [6.45, 7) is 0.196. The molecule has 0 atom stereocenters. The zero-order valence-corrected chi connectivity index (χ0v) is 12.7. The van der Waals surface area contributed by atoms with Gasteiger partial charge < -0.3 is 19.3 Å². The number of benzene rings is 2. The van der Waals surface area contributed by atoms with E-state index < -0.39 is 5.97 Å². The van der Waals surface area contributed by atoms with E-state index in [-0.39, 0.29) is 24.5 Å². The summed E-state index contributed by atoms with van der Waals surface area (Å²) in [4.78, 5) is 11.8. The molecule has 2 aromatic rings. The maximum Gasteiger partial charge on any atom is 0.342 e. The number of carbonyl (C=O) groups excluding carboxylic acids is 1. The number of hydrogen-bond donors (Lipinski definition) is 1. The molecule has 0 bridgehead atoms. The zero-order chi connectivity index (χ0) is 15.9. The Hall–Kier alpha value is -2.40. The van der Waals surface area contributed by atoms with Crippen LogP contribution in [0.15, 0.2) is 42.5 Å². The van der Waals surface area contributed by atoms with Gasteiger partial charge in [0.1, 0.15) is 36.0 Å². The van der Waals surface area contributed by atoms with Crippen molar-refractivity contribution in [3.63, 3.8) is 0 Å². The van der Waals surface area contributed by atoms with Gasteiger partial charge in [-0.15, -0.1) is 0 Å². The Morgan fingerprint density at radius 2 is 1.95 bits per heavy atom. The minimum Gasteiger partial charge on any atom is -0.507 e. The van der Waals surface area contributed by atoms with Gasteiger partial charge in [0, 0.05) is 6.07 Å². The van der Waals surface area contributed by atoms with Crippen molar-refractivity contribution in [3.8, 4) is 17.2 Å². The van der Waals surface area contributed by atoms with Crippen molar-refractivity contribution in [2.45, 2.75) is 0 Å².